The standard InChI is InChI=1S/C64H42N4/c1-7-19-43(20-8-1)49-31-37-59-57(39-49)65-63(47-27-15-5-16-28-47)67(59)51-33-35-53-55(41-51)61(45-23-11-3-12-24-45)54-36-34-52(42-56(54)62(53)46-25-13-4-14-26-46)68-60-38-32-50(44-21-9-2-10-22-44)40-58(60)66-64(68)48-29-17-6-18-30-48/h1-42H. The van der Waals surface area contributed by atoms with Gasteiger partial charge in [-0.25, -0.2) is 9.97 Å². The van der Waals surface area contributed by atoms with Crippen LogP contribution in [0.3, 0.4) is 0 Å². The summed E-state index contributed by atoms with van der Waals surface area (Å²) in [5, 5.41) is 4.68. The molecule has 0 N–H and O–H groups in total. The first-order valence-corrected chi connectivity index (χ1v) is 23.2. The third-order valence-corrected chi connectivity index (χ3v) is 13.3. The van der Waals surface area contributed by atoms with Crippen LogP contribution in [0.4, 0.5) is 0 Å². The van der Waals surface area contributed by atoms with Gasteiger partial charge in [0.15, 0.2) is 0 Å². The fraction of sp³-hybridized carbons (Fsp3) is 0. The van der Waals surface area contributed by atoms with Crippen molar-refractivity contribution in [2.24, 2.45) is 0 Å². The Kier molecular flexibility index (Phi) is 9.47. The second-order valence-electron chi connectivity index (χ2n) is 17.4. The largest absolute Gasteiger partial charge is 0.292 e. The summed E-state index contributed by atoms with van der Waals surface area (Å²) in [6.07, 6.45) is 0. The molecule has 4 heteroatoms. The van der Waals surface area contributed by atoms with Gasteiger partial charge in [0.25, 0.3) is 0 Å². The predicted octanol–water partition coefficient (Wildman–Crippen LogP) is 16.7. The van der Waals surface area contributed by atoms with E-state index in [2.05, 4.69) is 264 Å². The molecular weight excluding hydrogens is 825 g/mol. The molecule has 0 radical (unpaired) electrons. The molecule has 0 bridgehead atoms. The SMILES string of the molecule is c1ccc(-c2ccc3c(c2)nc(-c2ccccc2)n3-c2ccc3c(-c4ccccc4)c4cc(-n5c(-c6ccccc6)nc6cc(-c7ccccc7)ccc65)ccc4c(-c4ccccc4)c3c2)cc1. The first-order chi connectivity index (χ1) is 33.7. The van der Waals surface area contributed by atoms with E-state index in [4.69, 9.17) is 9.97 Å². The highest BCUT2D eigenvalue weighted by Gasteiger charge is 2.23. The Balaban J connectivity index is 1.09. The highest BCUT2D eigenvalue weighted by Crippen LogP contribution is 2.46. The molecule has 0 spiro atoms. The summed E-state index contributed by atoms with van der Waals surface area (Å²) in [4.78, 5) is 10.8. The summed E-state index contributed by atoms with van der Waals surface area (Å²) in [7, 11) is 0. The minimum Gasteiger partial charge on any atom is -0.292 e. The zero-order chi connectivity index (χ0) is 45.0. The molecule has 13 aromatic rings. The van der Waals surface area contributed by atoms with Crippen LogP contribution in [0.15, 0.2) is 255 Å². The summed E-state index contributed by atoms with van der Waals surface area (Å²) in [6.45, 7) is 0. The molecule has 0 aliphatic rings. The van der Waals surface area contributed by atoms with E-state index >= 15 is 0 Å². The highest BCUT2D eigenvalue weighted by atomic mass is 15.1. The molecule has 2 aromatic heterocycles. The average Bonchev–Trinajstić information content (AvgIpc) is 4.00. The van der Waals surface area contributed by atoms with Gasteiger partial charge in [-0.3, -0.25) is 9.13 Å². The maximum Gasteiger partial charge on any atom is 0.145 e. The molecule has 0 aliphatic heterocycles. The summed E-state index contributed by atoms with van der Waals surface area (Å²) in [5.41, 5.74) is 17.5. The molecule has 0 saturated carbocycles. The average molecular weight is 867 g/mol. The zero-order valence-corrected chi connectivity index (χ0v) is 37.0. The van der Waals surface area contributed by atoms with Crippen LogP contribution in [-0.4, -0.2) is 19.1 Å². The fourth-order valence-electron chi connectivity index (χ4n) is 10.2. The summed E-state index contributed by atoms with van der Waals surface area (Å²) in [5.74, 6) is 1.80. The van der Waals surface area contributed by atoms with E-state index in [0.29, 0.717) is 0 Å². The Hall–Kier alpha value is -9.12. The van der Waals surface area contributed by atoms with Crippen LogP contribution in [0.25, 0.3) is 122 Å². The van der Waals surface area contributed by atoms with E-state index in [1.165, 1.54) is 43.8 Å². The van der Waals surface area contributed by atoms with Gasteiger partial charge in [0.05, 0.1) is 22.1 Å². The third kappa shape index (κ3) is 6.69. The molecular formula is C64H42N4. The number of aromatic nitrogens is 4. The van der Waals surface area contributed by atoms with Crippen LogP contribution < -0.4 is 0 Å². The lowest BCUT2D eigenvalue weighted by molar-refractivity contribution is 1.10. The quantitative estimate of drug-likeness (QED) is 0.143. The van der Waals surface area contributed by atoms with Crippen LogP contribution >= 0.6 is 0 Å². The minimum absolute atomic E-state index is 0.901. The van der Waals surface area contributed by atoms with Crippen molar-refractivity contribution >= 4 is 43.6 Å². The van der Waals surface area contributed by atoms with E-state index < -0.39 is 0 Å². The molecule has 0 amide bonds. The van der Waals surface area contributed by atoms with Crippen molar-refractivity contribution in [3.8, 4) is 78.7 Å². The summed E-state index contributed by atoms with van der Waals surface area (Å²) >= 11 is 0. The van der Waals surface area contributed by atoms with Crippen LogP contribution in [0.5, 0.6) is 0 Å². The second-order valence-corrected chi connectivity index (χ2v) is 17.4. The Labute approximate surface area is 394 Å². The second kappa shape index (κ2) is 16.4. The maximum atomic E-state index is 5.38. The van der Waals surface area contributed by atoms with Crippen molar-refractivity contribution in [1.29, 1.82) is 0 Å². The number of hydrogen-bond acceptors (Lipinski definition) is 2. The van der Waals surface area contributed by atoms with Gasteiger partial charge in [-0.15, -0.1) is 0 Å². The molecule has 13 rings (SSSR count). The van der Waals surface area contributed by atoms with Gasteiger partial charge in [-0.05, 0) is 115 Å². The monoisotopic (exact) mass is 866 g/mol. The van der Waals surface area contributed by atoms with Gasteiger partial charge < -0.3 is 0 Å². The maximum absolute atomic E-state index is 5.38. The van der Waals surface area contributed by atoms with Crippen molar-refractivity contribution in [1.82, 2.24) is 19.1 Å². The number of fused-ring (bicyclic) bond motifs is 4. The van der Waals surface area contributed by atoms with Gasteiger partial charge in [0.2, 0.25) is 0 Å². The topological polar surface area (TPSA) is 35.6 Å². The number of hydrogen-bond donors (Lipinski definition) is 0. The first kappa shape index (κ1) is 39.3. The van der Waals surface area contributed by atoms with Gasteiger partial charge in [-0.1, -0.05) is 206 Å². The van der Waals surface area contributed by atoms with E-state index in [-0.39, 0.29) is 0 Å². The molecule has 4 nitrogen and oxygen atoms in total. The number of nitrogens with zero attached hydrogens (tertiary/aromatic N) is 4. The first-order valence-electron chi connectivity index (χ1n) is 23.2. The normalized spacial score (nSPS) is 11.5. The summed E-state index contributed by atoms with van der Waals surface area (Å²) < 4.78 is 4.67. The van der Waals surface area contributed by atoms with Crippen LogP contribution in [0, 0.1) is 0 Å². The Morgan fingerprint density at radius 1 is 0.235 bits per heavy atom. The van der Waals surface area contributed by atoms with Gasteiger partial charge in [0, 0.05) is 22.5 Å². The predicted molar refractivity (Wildman–Crippen MR) is 283 cm³/mol. The molecule has 0 atom stereocenters. The molecule has 318 valence electrons. The molecule has 68 heavy (non-hydrogen) atoms. The van der Waals surface area contributed by atoms with Crippen LogP contribution in [0.1, 0.15) is 0 Å². The van der Waals surface area contributed by atoms with E-state index in [1.807, 2.05) is 0 Å². The molecule has 11 aromatic carbocycles. The summed E-state index contributed by atoms with van der Waals surface area (Å²) in [6, 6.07) is 91.2. The number of imidazole rings is 2. The molecule has 0 aliphatic carbocycles. The lowest BCUT2D eigenvalue weighted by atomic mass is 9.85. The Morgan fingerprint density at radius 2 is 0.559 bits per heavy atom. The molecule has 2 heterocycles. The lowest BCUT2D eigenvalue weighted by Gasteiger charge is -2.21. The Bertz CT molecular complexity index is 3710. The molecule has 0 saturated heterocycles. The zero-order valence-electron chi connectivity index (χ0n) is 37.0. The highest BCUT2D eigenvalue weighted by molar-refractivity contribution is 6.22. The molecule has 0 unspecified atom stereocenters. The van der Waals surface area contributed by atoms with E-state index in [0.717, 1.165) is 78.5 Å². The van der Waals surface area contributed by atoms with Crippen LogP contribution in [-0.2, 0) is 0 Å². The Morgan fingerprint density at radius 3 is 0.912 bits per heavy atom. The minimum atomic E-state index is 0.901. The van der Waals surface area contributed by atoms with Crippen molar-refractivity contribution < 1.29 is 0 Å². The lowest BCUT2D eigenvalue weighted by Crippen LogP contribution is -2.00. The molecule has 0 fully saturated rings. The van der Waals surface area contributed by atoms with Crippen molar-refractivity contribution in [2.75, 3.05) is 0 Å². The third-order valence-electron chi connectivity index (χ3n) is 13.3. The smallest absolute Gasteiger partial charge is 0.145 e. The van der Waals surface area contributed by atoms with E-state index in [9.17, 15) is 0 Å². The number of benzene rings is 11. The van der Waals surface area contributed by atoms with Gasteiger partial charge >= 0.3 is 0 Å². The van der Waals surface area contributed by atoms with Gasteiger partial charge in [-0.2, -0.15) is 0 Å². The van der Waals surface area contributed by atoms with Gasteiger partial charge in [0.1, 0.15) is 11.6 Å². The fourth-order valence-corrected chi connectivity index (χ4v) is 10.2. The van der Waals surface area contributed by atoms with E-state index in [1.54, 1.807) is 0 Å². The van der Waals surface area contributed by atoms with Crippen molar-refractivity contribution in [3.63, 3.8) is 0 Å². The number of rotatable bonds is 8. The van der Waals surface area contributed by atoms with Crippen molar-refractivity contribution in [3.05, 3.63) is 255 Å². The van der Waals surface area contributed by atoms with Crippen molar-refractivity contribution in [2.45, 2.75) is 0 Å². The van der Waals surface area contributed by atoms with Crippen LogP contribution in [0.2, 0.25) is 0 Å².